The van der Waals surface area contributed by atoms with Gasteiger partial charge in [0.05, 0.1) is 19.2 Å². The predicted molar refractivity (Wildman–Crippen MR) is 200 cm³/mol. The summed E-state index contributed by atoms with van der Waals surface area (Å²) in [4.78, 5) is 0. The monoisotopic (exact) mass is 610 g/mol. The van der Waals surface area contributed by atoms with Crippen molar-refractivity contribution < 1.29 is 23.6 Å². The summed E-state index contributed by atoms with van der Waals surface area (Å²) in [6, 6.07) is 19.8. The van der Waals surface area contributed by atoms with Gasteiger partial charge in [0.15, 0.2) is 0 Å². The van der Waals surface area contributed by atoms with Crippen LogP contribution in [-0.2, 0) is 0 Å². The molecule has 0 saturated carbocycles. The molecule has 0 aliphatic carbocycles. The van der Waals surface area contributed by atoms with Crippen molar-refractivity contribution in [2.75, 3.05) is 0 Å². The van der Waals surface area contributed by atoms with E-state index in [1.54, 1.807) is 6.07 Å². The van der Waals surface area contributed by atoms with Crippen molar-refractivity contribution in [1.29, 1.82) is 0 Å². The van der Waals surface area contributed by atoms with Crippen LogP contribution in [0.25, 0.3) is 98.4 Å². The third-order valence-electron chi connectivity index (χ3n) is 8.80. The largest absolute Gasteiger partial charge is 0.456 e. The van der Waals surface area contributed by atoms with E-state index in [9.17, 15) is 4.11 Å². The van der Waals surface area contributed by atoms with E-state index in [2.05, 4.69) is 0 Å². The van der Waals surface area contributed by atoms with Gasteiger partial charge in [-0.1, -0.05) is 139 Å². The molecular weight excluding hydrogens is 569 g/mol. The summed E-state index contributed by atoms with van der Waals surface area (Å²) in [6.45, 7) is 0. The summed E-state index contributed by atoms with van der Waals surface area (Å²) in [6.07, 6.45) is 0. The van der Waals surface area contributed by atoms with E-state index in [1.165, 1.54) is 0 Å². The van der Waals surface area contributed by atoms with Crippen LogP contribution in [0.3, 0.4) is 0 Å². The second-order valence-corrected chi connectivity index (χ2v) is 11.3. The Morgan fingerprint density at radius 3 is 1.70 bits per heavy atom. The molecule has 0 bridgehead atoms. The molecule has 9 aromatic carbocycles. The van der Waals surface area contributed by atoms with Crippen LogP contribution in [0.4, 0.5) is 0 Å². The Hall–Kier alpha value is -6.18. The highest BCUT2D eigenvalue weighted by Crippen LogP contribution is 2.48. The molecular formula is C46H28O. The first kappa shape index (κ1) is 15.9. The summed E-state index contributed by atoms with van der Waals surface area (Å²) < 4.78 is 129. The fourth-order valence-electron chi connectivity index (χ4n) is 6.85. The maximum atomic E-state index is 9.53. The van der Waals surface area contributed by atoms with Gasteiger partial charge in [0.2, 0.25) is 0 Å². The highest BCUT2D eigenvalue weighted by Gasteiger charge is 2.21. The normalized spacial score (nSPS) is 16.0. The summed E-state index contributed by atoms with van der Waals surface area (Å²) in [5, 5.41) is 3.80. The average molecular weight is 611 g/mol. The van der Waals surface area contributed by atoms with Crippen LogP contribution in [0.1, 0.15) is 19.2 Å². The molecule has 10 aromatic rings. The molecule has 0 atom stereocenters. The van der Waals surface area contributed by atoms with Crippen molar-refractivity contribution in [3.8, 4) is 33.4 Å². The van der Waals surface area contributed by atoms with Gasteiger partial charge in [-0.15, -0.1) is 0 Å². The van der Waals surface area contributed by atoms with E-state index in [0.717, 1.165) is 16.3 Å². The molecule has 1 heterocycles. The summed E-state index contributed by atoms with van der Waals surface area (Å²) in [5.74, 6) is 0. The molecule has 0 aliphatic heterocycles. The molecule has 0 aliphatic rings. The number of rotatable bonds is 3. The maximum absolute atomic E-state index is 9.53. The van der Waals surface area contributed by atoms with Crippen LogP contribution in [0.2, 0.25) is 0 Å². The van der Waals surface area contributed by atoms with E-state index in [4.69, 9.17) is 19.5 Å². The quantitative estimate of drug-likeness (QED) is 0.181. The minimum Gasteiger partial charge on any atom is -0.456 e. The van der Waals surface area contributed by atoms with Crippen molar-refractivity contribution in [1.82, 2.24) is 0 Å². The van der Waals surface area contributed by atoms with E-state index < -0.39 is 60.4 Å². The van der Waals surface area contributed by atoms with Crippen LogP contribution in [0, 0.1) is 0 Å². The molecule has 0 saturated heterocycles. The number of benzene rings is 9. The minimum atomic E-state index is -0.579. The maximum Gasteiger partial charge on any atom is 0.136 e. The highest BCUT2D eigenvalue weighted by molar-refractivity contribution is 6.27. The van der Waals surface area contributed by atoms with Crippen LogP contribution < -0.4 is 0 Å². The molecule has 0 radical (unpaired) electrons. The van der Waals surface area contributed by atoms with Crippen LogP contribution >= 0.6 is 0 Å². The lowest BCUT2D eigenvalue weighted by Crippen LogP contribution is -1.93. The molecule has 47 heavy (non-hydrogen) atoms. The fourth-order valence-corrected chi connectivity index (χ4v) is 6.85. The number of fused-ring (bicyclic) bond motifs is 7. The molecule has 0 spiro atoms. The van der Waals surface area contributed by atoms with Gasteiger partial charge in [0.1, 0.15) is 11.2 Å². The lowest BCUT2D eigenvalue weighted by molar-refractivity contribution is 0.669. The van der Waals surface area contributed by atoms with Crippen molar-refractivity contribution in [3.63, 3.8) is 0 Å². The molecule has 0 amide bonds. The second-order valence-electron chi connectivity index (χ2n) is 11.3. The van der Waals surface area contributed by atoms with Gasteiger partial charge in [-0.2, -0.15) is 0 Å². The van der Waals surface area contributed by atoms with Crippen LogP contribution in [0.5, 0.6) is 0 Å². The lowest BCUT2D eigenvalue weighted by atomic mass is 9.83. The zero-order chi connectivity index (χ0) is 43.1. The highest BCUT2D eigenvalue weighted by atomic mass is 16.3. The zero-order valence-electron chi connectivity index (χ0n) is 38.5. The lowest BCUT2D eigenvalue weighted by Gasteiger charge is -2.20. The van der Waals surface area contributed by atoms with Gasteiger partial charge in [-0.3, -0.25) is 0 Å². The van der Waals surface area contributed by atoms with Gasteiger partial charge in [0, 0.05) is 10.8 Å². The first-order chi connectivity index (χ1) is 29.1. The topological polar surface area (TPSA) is 13.1 Å². The van der Waals surface area contributed by atoms with Crippen molar-refractivity contribution >= 4 is 65.0 Å². The van der Waals surface area contributed by atoms with Crippen molar-refractivity contribution in [3.05, 3.63) is 170 Å². The number of hydrogen-bond donors (Lipinski definition) is 0. The number of furan rings is 1. The summed E-state index contributed by atoms with van der Waals surface area (Å²) in [5.41, 5.74) is 2.11. The van der Waals surface area contributed by atoms with Gasteiger partial charge in [-0.05, 0) is 107 Å². The van der Waals surface area contributed by atoms with E-state index in [1.807, 2.05) is 78.9 Å². The van der Waals surface area contributed by atoms with E-state index in [-0.39, 0.29) is 68.0 Å². The van der Waals surface area contributed by atoms with E-state index in [0.29, 0.717) is 38.2 Å². The third kappa shape index (κ3) is 3.97. The Kier molecular flexibility index (Phi) is 3.44. The zero-order valence-corrected chi connectivity index (χ0v) is 24.5. The molecule has 218 valence electrons. The Labute approximate surface area is 291 Å². The Balaban J connectivity index is 1.40. The van der Waals surface area contributed by atoms with Crippen molar-refractivity contribution in [2.24, 2.45) is 0 Å². The van der Waals surface area contributed by atoms with Gasteiger partial charge in [-0.25, -0.2) is 0 Å². The fraction of sp³-hybridized carbons (Fsp3) is 0. The molecule has 10 rings (SSSR count). The Morgan fingerprint density at radius 2 is 1.00 bits per heavy atom. The smallest absolute Gasteiger partial charge is 0.136 e. The Morgan fingerprint density at radius 1 is 0.404 bits per heavy atom. The summed E-state index contributed by atoms with van der Waals surface area (Å²) >= 11 is 0. The molecule has 0 N–H and O–H groups in total. The standard InChI is InChI=1S/C46H28O/c1-2-13-29(14-3-1)33-25-32-17-6-7-18-34(32)40(27-33)45-37-21-10-8-19-35(37)44(36-20-9-11-22-38(36)45)39-23-12-24-42-46(39)41-26-30-15-4-5-16-31(30)28-43(41)47-42/h1-28H/i1D,2D,3D,4D,5D,12D,13D,14D,15D,16D,23D,24D,26D,28D. The number of hydrogen-bond acceptors (Lipinski definition) is 1. The van der Waals surface area contributed by atoms with E-state index >= 15 is 0 Å². The third-order valence-corrected chi connectivity index (χ3v) is 8.80. The van der Waals surface area contributed by atoms with Crippen LogP contribution in [-0.4, -0.2) is 0 Å². The molecule has 0 unspecified atom stereocenters. The predicted octanol–water partition coefficient (Wildman–Crippen LogP) is 13.2. The minimum absolute atomic E-state index is 0.0240. The van der Waals surface area contributed by atoms with Gasteiger partial charge in [0.25, 0.3) is 0 Å². The van der Waals surface area contributed by atoms with Gasteiger partial charge >= 0.3 is 0 Å². The van der Waals surface area contributed by atoms with Crippen molar-refractivity contribution in [2.45, 2.75) is 0 Å². The summed E-state index contributed by atoms with van der Waals surface area (Å²) in [7, 11) is 0. The average Bonchev–Trinajstić information content (AvgIpc) is 3.67. The SMILES string of the molecule is [2H]c1c([2H])c([2H])c(-c2cc(-c3c4ccccc4c(-c4c([2H])c([2H])c([2H])c5oc6c([2H])c7c([2H])c([2H])c([2H])c([2H])c7c([2H])c6c45)c4ccccc34)c3ccccc3c2)c([2H])c1[2H]. The Bertz CT molecular complexity index is 3560. The molecule has 0 fully saturated rings. The first-order valence-corrected chi connectivity index (χ1v) is 15.0. The van der Waals surface area contributed by atoms with Gasteiger partial charge < -0.3 is 4.42 Å². The molecule has 1 nitrogen and oxygen atoms in total. The molecule has 1 aromatic heterocycles. The van der Waals surface area contributed by atoms with Crippen LogP contribution in [0.15, 0.2) is 174 Å². The molecule has 1 heteroatoms. The second kappa shape index (κ2) is 10.2. The first-order valence-electron chi connectivity index (χ1n) is 22.0.